The number of benzene rings is 2. The van der Waals surface area contributed by atoms with E-state index in [1.165, 1.54) is 0 Å². The van der Waals surface area contributed by atoms with Gasteiger partial charge in [-0.15, -0.1) is 0 Å². The van der Waals surface area contributed by atoms with Gasteiger partial charge in [-0.05, 0) is 62.7 Å². The van der Waals surface area contributed by atoms with Gasteiger partial charge < -0.3 is 29.6 Å². The Labute approximate surface area is 215 Å². The van der Waals surface area contributed by atoms with E-state index in [0.29, 0.717) is 45.1 Å². The molecule has 37 heavy (non-hydrogen) atoms. The standard InChI is InChI=1S/C29H28N2O6/c1-29(2,3)37-26(33)17-36-20-11-8-18(9-12-20)24(32)13-10-19-6-5-7-22-27(19)21(28(34)31-22)16-23-25(35-4)14-15-30-23/h5-9,11-12,14-16,24,30,32H,17H2,1-4H3,(H,31,34). The summed E-state index contributed by atoms with van der Waals surface area (Å²) < 4.78 is 16.0. The summed E-state index contributed by atoms with van der Waals surface area (Å²) in [4.78, 5) is 27.6. The maximum atomic E-state index is 12.7. The SMILES string of the molecule is COc1cc[nH]c1C=C1C(=O)Nc2cccc(C#CC(O)c3ccc(OCC(=O)OC(C)(C)C)cc3)c21. The van der Waals surface area contributed by atoms with Crippen molar-refractivity contribution in [3.63, 3.8) is 0 Å². The van der Waals surface area contributed by atoms with E-state index in [-0.39, 0.29) is 12.5 Å². The molecular formula is C29H28N2O6. The van der Waals surface area contributed by atoms with E-state index >= 15 is 0 Å². The molecule has 2 heterocycles. The molecule has 4 rings (SSSR count). The largest absolute Gasteiger partial charge is 0.495 e. The van der Waals surface area contributed by atoms with Crippen LogP contribution in [0, 0.1) is 11.8 Å². The topological polar surface area (TPSA) is 110 Å². The number of amides is 1. The smallest absolute Gasteiger partial charge is 0.344 e. The van der Waals surface area contributed by atoms with Gasteiger partial charge in [-0.25, -0.2) is 4.79 Å². The van der Waals surface area contributed by atoms with E-state index < -0.39 is 17.7 Å². The summed E-state index contributed by atoms with van der Waals surface area (Å²) in [7, 11) is 1.56. The lowest BCUT2D eigenvalue weighted by molar-refractivity contribution is -0.157. The van der Waals surface area contributed by atoms with E-state index in [1.54, 1.807) is 88.7 Å². The lowest BCUT2D eigenvalue weighted by atomic mass is 9.99. The molecule has 1 aliphatic rings. The number of aliphatic hydroxyl groups is 1. The second-order valence-electron chi connectivity index (χ2n) is 9.32. The van der Waals surface area contributed by atoms with Gasteiger partial charge in [0.2, 0.25) is 0 Å². The van der Waals surface area contributed by atoms with Gasteiger partial charge in [-0.3, -0.25) is 4.79 Å². The Hall–Kier alpha value is -4.48. The number of anilines is 1. The molecule has 2 aromatic carbocycles. The van der Waals surface area contributed by atoms with E-state index in [2.05, 4.69) is 22.1 Å². The first-order valence-electron chi connectivity index (χ1n) is 11.7. The average molecular weight is 501 g/mol. The number of aromatic amines is 1. The highest BCUT2D eigenvalue weighted by Crippen LogP contribution is 2.36. The normalized spacial score (nSPS) is 14.3. The van der Waals surface area contributed by atoms with Crippen LogP contribution in [0.4, 0.5) is 5.69 Å². The second kappa shape index (κ2) is 10.6. The van der Waals surface area contributed by atoms with E-state index in [9.17, 15) is 14.7 Å². The number of carbonyl (C=O) groups is 2. The number of methoxy groups -OCH3 is 1. The third kappa shape index (κ3) is 6.21. The highest BCUT2D eigenvalue weighted by Gasteiger charge is 2.27. The first-order valence-corrected chi connectivity index (χ1v) is 11.7. The Morgan fingerprint density at radius 3 is 2.59 bits per heavy atom. The van der Waals surface area contributed by atoms with Crippen LogP contribution < -0.4 is 14.8 Å². The van der Waals surface area contributed by atoms with Gasteiger partial charge in [-0.1, -0.05) is 30.0 Å². The maximum Gasteiger partial charge on any atom is 0.344 e. The van der Waals surface area contributed by atoms with Crippen molar-refractivity contribution < 1.29 is 28.9 Å². The zero-order chi connectivity index (χ0) is 26.6. The number of fused-ring (bicyclic) bond motifs is 1. The molecule has 1 atom stereocenters. The van der Waals surface area contributed by atoms with Crippen molar-refractivity contribution in [1.29, 1.82) is 0 Å². The van der Waals surface area contributed by atoms with Crippen LogP contribution >= 0.6 is 0 Å². The molecule has 1 aromatic heterocycles. The first kappa shape index (κ1) is 25.6. The number of nitrogens with one attached hydrogen (secondary N) is 2. The summed E-state index contributed by atoms with van der Waals surface area (Å²) in [5.41, 5.74) is 3.00. The Morgan fingerprint density at radius 2 is 1.89 bits per heavy atom. The third-order valence-electron chi connectivity index (χ3n) is 5.39. The van der Waals surface area contributed by atoms with E-state index in [0.717, 1.165) is 0 Å². The molecule has 1 amide bonds. The van der Waals surface area contributed by atoms with E-state index in [4.69, 9.17) is 14.2 Å². The lowest BCUT2D eigenvalue weighted by Crippen LogP contribution is -2.27. The number of hydrogen-bond donors (Lipinski definition) is 3. The van der Waals surface area contributed by atoms with Crippen LogP contribution in [-0.2, 0) is 14.3 Å². The van der Waals surface area contributed by atoms with Crippen molar-refractivity contribution in [2.24, 2.45) is 0 Å². The Morgan fingerprint density at radius 1 is 1.14 bits per heavy atom. The summed E-state index contributed by atoms with van der Waals surface area (Å²) >= 11 is 0. The minimum absolute atomic E-state index is 0.213. The molecule has 8 heteroatoms. The maximum absolute atomic E-state index is 12.7. The zero-order valence-corrected chi connectivity index (χ0v) is 21.0. The summed E-state index contributed by atoms with van der Waals surface area (Å²) in [5, 5.41) is 13.5. The molecule has 0 bridgehead atoms. The molecule has 0 saturated carbocycles. The molecule has 1 unspecified atom stereocenters. The van der Waals surface area contributed by atoms with E-state index in [1.807, 2.05) is 0 Å². The van der Waals surface area contributed by atoms with Gasteiger partial charge >= 0.3 is 5.97 Å². The van der Waals surface area contributed by atoms with Crippen LogP contribution in [0.3, 0.4) is 0 Å². The Bertz CT molecular complexity index is 1400. The summed E-state index contributed by atoms with van der Waals surface area (Å²) in [5.74, 6) is 6.23. The molecule has 8 nitrogen and oxygen atoms in total. The van der Waals surface area contributed by atoms with Crippen molar-refractivity contribution >= 4 is 29.2 Å². The molecule has 0 saturated heterocycles. The van der Waals surface area contributed by atoms with Crippen LogP contribution in [0.15, 0.2) is 54.7 Å². The lowest BCUT2D eigenvalue weighted by Gasteiger charge is -2.19. The Balaban J connectivity index is 1.50. The average Bonchev–Trinajstić information content (AvgIpc) is 3.44. The molecule has 0 radical (unpaired) electrons. The van der Waals surface area contributed by atoms with Crippen molar-refractivity contribution in [2.45, 2.75) is 32.5 Å². The number of carbonyl (C=O) groups excluding carboxylic acids is 2. The van der Waals surface area contributed by atoms with Crippen LogP contribution in [0.5, 0.6) is 11.5 Å². The quantitative estimate of drug-likeness (QED) is 0.264. The van der Waals surface area contributed by atoms with Gasteiger partial charge in [0.15, 0.2) is 6.61 Å². The van der Waals surface area contributed by atoms with Crippen LogP contribution in [0.25, 0.3) is 11.6 Å². The highest BCUT2D eigenvalue weighted by atomic mass is 16.6. The van der Waals surface area contributed by atoms with Crippen molar-refractivity contribution in [2.75, 3.05) is 19.0 Å². The zero-order valence-electron chi connectivity index (χ0n) is 21.0. The second-order valence-corrected chi connectivity index (χ2v) is 9.32. The fourth-order valence-corrected chi connectivity index (χ4v) is 3.78. The molecule has 0 spiro atoms. The van der Waals surface area contributed by atoms with Crippen molar-refractivity contribution in [1.82, 2.24) is 4.98 Å². The fraction of sp³-hybridized carbons (Fsp3) is 0.241. The molecule has 190 valence electrons. The molecule has 0 fully saturated rings. The number of aliphatic hydroxyl groups excluding tert-OH is 1. The van der Waals surface area contributed by atoms with Gasteiger partial charge in [0.1, 0.15) is 23.2 Å². The summed E-state index contributed by atoms with van der Waals surface area (Å²) in [6, 6.07) is 13.8. The summed E-state index contributed by atoms with van der Waals surface area (Å²) in [6.45, 7) is 5.15. The number of rotatable bonds is 6. The number of ether oxygens (including phenoxy) is 3. The number of aromatic nitrogens is 1. The van der Waals surface area contributed by atoms with Gasteiger partial charge in [0.25, 0.3) is 5.91 Å². The fourth-order valence-electron chi connectivity index (χ4n) is 3.78. The predicted octanol–water partition coefficient (Wildman–Crippen LogP) is 4.32. The number of H-pyrrole nitrogens is 1. The molecular weight excluding hydrogens is 472 g/mol. The first-order chi connectivity index (χ1) is 17.6. The van der Waals surface area contributed by atoms with Gasteiger partial charge in [0, 0.05) is 17.3 Å². The summed E-state index contributed by atoms with van der Waals surface area (Å²) in [6.07, 6.45) is 2.38. The number of hydrogen-bond acceptors (Lipinski definition) is 6. The minimum atomic E-state index is -1.07. The van der Waals surface area contributed by atoms with Crippen LogP contribution in [0.2, 0.25) is 0 Å². The monoisotopic (exact) mass is 500 g/mol. The van der Waals surface area contributed by atoms with Gasteiger partial charge in [0.05, 0.1) is 24.1 Å². The van der Waals surface area contributed by atoms with Gasteiger partial charge in [-0.2, -0.15) is 0 Å². The highest BCUT2D eigenvalue weighted by molar-refractivity contribution is 6.35. The number of esters is 1. The minimum Gasteiger partial charge on any atom is -0.495 e. The molecule has 1 aliphatic heterocycles. The Kier molecular flexibility index (Phi) is 7.37. The molecule has 0 aliphatic carbocycles. The van der Waals surface area contributed by atoms with Crippen molar-refractivity contribution in [3.05, 3.63) is 77.1 Å². The predicted molar refractivity (Wildman–Crippen MR) is 140 cm³/mol. The third-order valence-corrected chi connectivity index (χ3v) is 5.39. The molecule has 3 N–H and O–H groups in total. The van der Waals surface area contributed by atoms with Crippen LogP contribution in [-0.4, -0.2) is 41.3 Å². The molecule has 3 aromatic rings. The van der Waals surface area contributed by atoms with Crippen LogP contribution in [0.1, 0.15) is 49.3 Å². The van der Waals surface area contributed by atoms with Crippen molar-refractivity contribution in [3.8, 4) is 23.3 Å².